The zero-order valence-electron chi connectivity index (χ0n) is 17.9. The van der Waals surface area contributed by atoms with Crippen LogP contribution >= 0.6 is 0 Å². The minimum atomic E-state index is -4.58. The van der Waals surface area contributed by atoms with Crippen molar-refractivity contribution in [1.29, 1.82) is 0 Å². The predicted molar refractivity (Wildman–Crippen MR) is 109 cm³/mol. The molecule has 0 unspecified atom stereocenters. The zero-order chi connectivity index (χ0) is 19.3. The third-order valence-electron chi connectivity index (χ3n) is 4.74. The van der Waals surface area contributed by atoms with Gasteiger partial charge in [-0.2, -0.15) is 0 Å². The number of hydrogen-bond acceptors (Lipinski definition) is 4. The van der Waals surface area contributed by atoms with E-state index in [9.17, 15) is 13.0 Å². The van der Waals surface area contributed by atoms with Gasteiger partial charge in [-0.15, -0.1) is 0 Å². The van der Waals surface area contributed by atoms with Crippen molar-refractivity contribution in [3.05, 3.63) is 12.3 Å². The molecule has 0 aliphatic rings. The van der Waals surface area contributed by atoms with E-state index in [1.54, 1.807) is 6.08 Å². The summed E-state index contributed by atoms with van der Waals surface area (Å²) in [6.45, 7) is 2.27. The van der Waals surface area contributed by atoms with Gasteiger partial charge in [-0.1, -0.05) is 110 Å². The molecule has 0 saturated heterocycles. The summed E-state index contributed by atoms with van der Waals surface area (Å²) < 4.78 is 34.6. The summed E-state index contributed by atoms with van der Waals surface area (Å²) in [4.78, 5) is 0. The fourth-order valence-corrected chi connectivity index (χ4v) is 3.38. The molecule has 156 valence electrons. The molecular weight excluding hydrogens is 371 g/mol. The van der Waals surface area contributed by atoms with E-state index >= 15 is 0 Å². The standard InChI is InChI=1S/C21H42O4S.Na/c1-2-3-4-5-6-7-8-9-10-11-12-13-14-15-16-17-18-19-20-21-25-26(22,23)24;/h20-21H,2-19H2,1H3,(H,22,23,24);/q;+1/p-1/b21-20+;. The van der Waals surface area contributed by atoms with Gasteiger partial charge in [-0.25, -0.2) is 8.42 Å². The molecule has 0 aromatic heterocycles. The van der Waals surface area contributed by atoms with Gasteiger partial charge in [0.1, 0.15) is 6.26 Å². The van der Waals surface area contributed by atoms with Gasteiger partial charge in [0.15, 0.2) is 0 Å². The fourth-order valence-electron chi connectivity index (χ4n) is 3.16. The van der Waals surface area contributed by atoms with Gasteiger partial charge in [0, 0.05) is 0 Å². The molecule has 0 aliphatic heterocycles. The van der Waals surface area contributed by atoms with E-state index < -0.39 is 10.4 Å². The maximum Gasteiger partial charge on any atom is 1.00 e. The van der Waals surface area contributed by atoms with Gasteiger partial charge >= 0.3 is 29.6 Å². The number of hydrogen-bond donors (Lipinski definition) is 0. The number of unbranched alkanes of at least 4 members (excludes halogenated alkanes) is 17. The Balaban J connectivity index is 0. The van der Waals surface area contributed by atoms with Gasteiger partial charge in [-0.05, 0) is 18.9 Å². The number of rotatable bonds is 20. The summed E-state index contributed by atoms with van der Waals surface area (Å²) in [6.07, 6.45) is 26.2. The Morgan fingerprint density at radius 3 is 1.33 bits per heavy atom. The quantitative estimate of drug-likeness (QED) is 0.0996. The summed E-state index contributed by atoms with van der Waals surface area (Å²) in [5, 5.41) is 0. The summed E-state index contributed by atoms with van der Waals surface area (Å²) >= 11 is 0. The average Bonchev–Trinajstić information content (AvgIpc) is 2.59. The van der Waals surface area contributed by atoms with E-state index in [1.165, 1.54) is 96.3 Å². The van der Waals surface area contributed by atoms with E-state index in [0.29, 0.717) is 0 Å². The molecule has 0 heterocycles. The molecule has 0 aliphatic carbocycles. The van der Waals surface area contributed by atoms with Crippen molar-refractivity contribution in [1.82, 2.24) is 0 Å². The van der Waals surface area contributed by atoms with Crippen LogP contribution in [0, 0.1) is 0 Å². The van der Waals surface area contributed by atoms with Gasteiger partial charge in [0.25, 0.3) is 10.4 Å². The molecule has 0 amide bonds. The van der Waals surface area contributed by atoms with Crippen LogP contribution in [0.4, 0.5) is 0 Å². The molecule has 0 N–H and O–H groups in total. The zero-order valence-corrected chi connectivity index (χ0v) is 20.7. The van der Waals surface area contributed by atoms with Crippen LogP contribution in [0.5, 0.6) is 0 Å². The molecule has 0 aromatic carbocycles. The predicted octanol–water partition coefficient (Wildman–Crippen LogP) is 4.02. The van der Waals surface area contributed by atoms with Crippen LogP contribution in [0.25, 0.3) is 0 Å². The summed E-state index contributed by atoms with van der Waals surface area (Å²) in [7, 11) is -4.58. The van der Waals surface area contributed by atoms with E-state index in [2.05, 4.69) is 11.1 Å². The van der Waals surface area contributed by atoms with Crippen LogP contribution in [-0.4, -0.2) is 13.0 Å². The molecular formula is C21H41NaO4S. The summed E-state index contributed by atoms with van der Waals surface area (Å²) in [5.41, 5.74) is 0. The normalized spacial score (nSPS) is 11.6. The van der Waals surface area contributed by atoms with Gasteiger partial charge < -0.3 is 8.74 Å². The van der Waals surface area contributed by atoms with Crippen LogP contribution in [-0.2, 0) is 14.6 Å². The molecule has 0 radical (unpaired) electrons. The van der Waals surface area contributed by atoms with Crippen LogP contribution in [0.2, 0.25) is 0 Å². The Morgan fingerprint density at radius 1 is 0.667 bits per heavy atom. The third-order valence-corrected chi connectivity index (χ3v) is 5.09. The fraction of sp³-hybridized carbons (Fsp3) is 0.905. The van der Waals surface area contributed by atoms with Gasteiger partial charge in [0.2, 0.25) is 0 Å². The molecule has 0 atom stereocenters. The molecule has 0 aromatic rings. The molecule has 27 heavy (non-hydrogen) atoms. The topological polar surface area (TPSA) is 66.4 Å². The molecule has 4 nitrogen and oxygen atoms in total. The second-order valence-electron chi connectivity index (χ2n) is 7.32. The molecule has 0 fully saturated rings. The van der Waals surface area contributed by atoms with Crippen molar-refractivity contribution in [3.8, 4) is 0 Å². The summed E-state index contributed by atoms with van der Waals surface area (Å²) in [5.74, 6) is 0. The first-order chi connectivity index (χ1) is 12.6. The van der Waals surface area contributed by atoms with Crippen LogP contribution in [0.1, 0.15) is 122 Å². The molecule has 0 rings (SSSR count). The van der Waals surface area contributed by atoms with Crippen molar-refractivity contribution in [2.45, 2.75) is 122 Å². The van der Waals surface area contributed by atoms with Crippen molar-refractivity contribution in [2.75, 3.05) is 0 Å². The molecule has 0 saturated carbocycles. The van der Waals surface area contributed by atoms with Crippen molar-refractivity contribution in [2.24, 2.45) is 0 Å². The largest absolute Gasteiger partial charge is 1.00 e. The van der Waals surface area contributed by atoms with E-state index in [0.717, 1.165) is 25.5 Å². The molecule has 0 bridgehead atoms. The monoisotopic (exact) mass is 412 g/mol. The Kier molecular flexibility index (Phi) is 25.0. The van der Waals surface area contributed by atoms with Crippen LogP contribution in [0.3, 0.4) is 0 Å². The Hall–Kier alpha value is 0.450. The van der Waals surface area contributed by atoms with Crippen molar-refractivity contribution >= 4 is 10.4 Å². The Bertz CT molecular complexity index is 410. The first-order valence-corrected chi connectivity index (χ1v) is 12.2. The first-order valence-electron chi connectivity index (χ1n) is 10.9. The smallest absolute Gasteiger partial charge is 0.716 e. The van der Waals surface area contributed by atoms with E-state index in [-0.39, 0.29) is 29.6 Å². The second-order valence-corrected chi connectivity index (χ2v) is 8.33. The van der Waals surface area contributed by atoms with Crippen molar-refractivity contribution in [3.63, 3.8) is 0 Å². The Morgan fingerprint density at radius 2 is 1.00 bits per heavy atom. The Labute approximate surface area is 191 Å². The maximum atomic E-state index is 10.2. The minimum Gasteiger partial charge on any atom is -0.716 e. The maximum absolute atomic E-state index is 10.2. The minimum absolute atomic E-state index is 0. The third kappa shape index (κ3) is 28.8. The summed E-state index contributed by atoms with van der Waals surface area (Å²) in [6, 6.07) is 0. The SMILES string of the molecule is CCCCCCCCCCCCCCCCCCC/C=C/OS(=O)(=O)[O-].[Na+]. The van der Waals surface area contributed by atoms with Crippen LogP contribution in [0.15, 0.2) is 12.3 Å². The average molecular weight is 413 g/mol. The van der Waals surface area contributed by atoms with Gasteiger partial charge in [0.05, 0.1) is 0 Å². The van der Waals surface area contributed by atoms with Crippen LogP contribution < -0.4 is 29.6 Å². The van der Waals surface area contributed by atoms with E-state index in [4.69, 9.17) is 0 Å². The molecule has 6 heteroatoms. The number of allylic oxidation sites excluding steroid dienone is 1. The molecule has 0 spiro atoms. The van der Waals surface area contributed by atoms with Crippen molar-refractivity contribution < 1.29 is 46.7 Å². The van der Waals surface area contributed by atoms with E-state index in [1.807, 2.05) is 0 Å². The van der Waals surface area contributed by atoms with Gasteiger partial charge in [-0.3, -0.25) is 0 Å². The second kappa shape index (κ2) is 22.7. The first kappa shape index (κ1) is 29.6.